The molecule has 4 rings (SSSR count). The predicted octanol–water partition coefficient (Wildman–Crippen LogP) is 2.99. The van der Waals surface area contributed by atoms with Gasteiger partial charge in [0.25, 0.3) is 5.91 Å². The van der Waals surface area contributed by atoms with Crippen LogP contribution in [0.15, 0.2) is 47.0 Å². The number of urea groups is 1. The molecule has 2 aromatic carbocycles. The number of hydrogen-bond donors (Lipinski definition) is 1. The molecule has 0 spiro atoms. The minimum absolute atomic E-state index is 0.00767. The molecule has 0 aliphatic carbocycles. The zero-order chi connectivity index (χ0) is 21.5. The number of benzene rings is 2. The van der Waals surface area contributed by atoms with E-state index >= 15 is 0 Å². The quantitative estimate of drug-likeness (QED) is 0.645. The van der Waals surface area contributed by atoms with Gasteiger partial charge in [-0.25, -0.2) is 13.6 Å². The summed E-state index contributed by atoms with van der Waals surface area (Å²) in [4.78, 5) is 30.3. The second kappa shape index (κ2) is 7.21. The van der Waals surface area contributed by atoms with E-state index in [2.05, 4.69) is 15.5 Å². The number of nitrogens with zero attached hydrogens (tertiary/aromatic N) is 3. The number of nitrogens with one attached hydrogen (secondary N) is 1. The Labute approximate surface area is 169 Å². The average molecular weight is 414 g/mol. The Morgan fingerprint density at radius 2 is 1.90 bits per heavy atom. The molecule has 0 bridgehead atoms. The summed E-state index contributed by atoms with van der Waals surface area (Å²) < 4.78 is 38.1. The molecule has 1 aromatic heterocycles. The predicted molar refractivity (Wildman–Crippen MR) is 99.1 cm³/mol. The zero-order valence-corrected chi connectivity index (χ0v) is 16.0. The molecule has 1 aliphatic rings. The normalized spacial score (nSPS) is 18.6. The molecule has 0 saturated carbocycles. The van der Waals surface area contributed by atoms with E-state index in [4.69, 9.17) is 9.26 Å². The summed E-state index contributed by atoms with van der Waals surface area (Å²) in [6, 6.07) is 8.83. The third-order valence-electron chi connectivity index (χ3n) is 4.85. The minimum Gasteiger partial charge on any atom is -0.497 e. The molecule has 1 atom stereocenters. The summed E-state index contributed by atoms with van der Waals surface area (Å²) in [6.45, 7) is 0.988. The van der Waals surface area contributed by atoms with Crippen molar-refractivity contribution in [3.8, 4) is 17.1 Å². The second-order valence-electron chi connectivity index (χ2n) is 6.81. The van der Waals surface area contributed by atoms with Crippen molar-refractivity contribution in [2.24, 2.45) is 0 Å². The maximum atomic E-state index is 14.2. The molecule has 0 radical (unpaired) electrons. The van der Waals surface area contributed by atoms with Gasteiger partial charge in [-0.15, -0.1) is 0 Å². The monoisotopic (exact) mass is 414 g/mol. The van der Waals surface area contributed by atoms with Crippen LogP contribution in [0.4, 0.5) is 13.6 Å². The highest BCUT2D eigenvalue weighted by molar-refractivity contribution is 6.07. The lowest BCUT2D eigenvalue weighted by Gasteiger charge is -2.22. The molecule has 1 saturated heterocycles. The van der Waals surface area contributed by atoms with Gasteiger partial charge in [0.15, 0.2) is 0 Å². The third-order valence-corrected chi connectivity index (χ3v) is 4.85. The molecule has 3 amide bonds. The van der Waals surface area contributed by atoms with Crippen LogP contribution in [0.3, 0.4) is 0 Å². The highest BCUT2D eigenvalue weighted by atomic mass is 19.1. The average Bonchev–Trinajstić information content (AvgIpc) is 3.29. The topological polar surface area (TPSA) is 97.6 Å². The fourth-order valence-electron chi connectivity index (χ4n) is 3.22. The van der Waals surface area contributed by atoms with E-state index in [9.17, 15) is 18.4 Å². The Kier molecular flexibility index (Phi) is 4.69. The number of hydrogen-bond acceptors (Lipinski definition) is 6. The van der Waals surface area contributed by atoms with E-state index in [1.165, 1.54) is 6.92 Å². The lowest BCUT2D eigenvalue weighted by atomic mass is 9.91. The van der Waals surface area contributed by atoms with Crippen LogP contribution < -0.4 is 10.1 Å². The van der Waals surface area contributed by atoms with Crippen LogP contribution in [0.25, 0.3) is 11.4 Å². The van der Waals surface area contributed by atoms with E-state index in [-0.39, 0.29) is 23.8 Å². The highest BCUT2D eigenvalue weighted by Crippen LogP contribution is 2.32. The summed E-state index contributed by atoms with van der Waals surface area (Å²) in [5, 5.41) is 6.26. The molecule has 1 N–H and O–H groups in total. The summed E-state index contributed by atoms with van der Waals surface area (Å²) in [5.74, 6) is -1.37. The maximum Gasteiger partial charge on any atom is 0.325 e. The van der Waals surface area contributed by atoms with E-state index in [0.29, 0.717) is 11.3 Å². The fourth-order valence-corrected chi connectivity index (χ4v) is 3.22. The van der Waals surface area contributed by atoms with Crippen LogP contribution in [-0.4, -0.2) is 34.1 Å². The number of imide groups is 1. The first-order valence-electron chi connectivity index (χ1n) is 8.88. The molecule has 3 aromatic rings. The van der Waals surface area contributed by atoms with Crippen LogP contribution in [0.2, 0.25) is 0 Å². The van der Waals surface area contributed by atoms with Gasteiger partial charge >= 0.3 is 6.03 Å². The molecular weight excluding hydrogens is 398 g/mol. The van der Waals surface area contributed by atoms with Crippen LogP contribution in [0.1, 0.15) is 18.4 Å². The molecule has 0 unspecified atom stereocenters. The van der Waals surface area contributed by atoms with Gasteiger partial charge < -0.3 is 14.6 Å². The van der Waals surface area contributed by atoms with Gasteiger partial charge in [-0.3, -0.25) is 9.69 Å². The lowest BCUT2D eigenvalue weighted by Crippen LogP contribution is -2.41. The third kappa shape index (κ3) is 3.25. The number of carbonyl (C=O) groups is 2. The molecule has 1 fully saturated rings. The van der Waals surface area contributed by atoms with Crippen molar-refractivity contribution >= 4 is 11.9 Å². The number of halogens is 2. The molecule has 8 nitrogen and oxygen atoms in total. The molecule has 30 heavy (non-hydrogen) atoms. The van der Waals surface area contributed by atoms with Crippen molar-refractivity contribution in [1.29, 1.82) is 0 Å². The number of rotatable bonds is 5. The van der Waals surface area contributed by atoms with Crippen molar-refractivity contribution < 1.29 is 27.6 Å². The molecule has 1 aliphatic heterocycles. The van der Waals surface area contributed by atoms with Gasteiger partial charge in [-0.05, 0) is 49.4 Å². The smallest absolute Gasteiger partial charge is 0.325 e. The van der Waals surface area contributed by atoms with Crippen LogP contribution in [0.5, 0.6) is 5.75 Å². The Balaban J connectivity index is 1.57. The first-order chi connectivity index (χ1) is 14.3. The fraction of sp³-hybridized carbons (Fsp3) is 0.200. The second-order valence-corrected chi connectivity index (χ2v) is 6.81. The van der Waals surface area contributed by atoms with Gasteiger partial charge in [-0.2, -0.15) is 4.98 Å². The highest BCUT2D eigenvalue weighted by Gasteiger charge is 2.50. The van der Waals surface area contributed by atoms with Crippen LogP contribution >= 0.6 is 0 Å². The van der Waals surface area contributed by atoms with Crippen molar-refractivity contribution in [3.63, 3.8) is 0 Å². The Bertz CT molecular complexity index is 1130. The number of methoxy groups -OCH3 is 1. The van der Waals surface area contributed by atoms with Gasteiger partial charge in [0, 0.05) is 11.1 Å². The zero-order valence-electron chi connectivity index (χ0n) is 16.0. The van der Waals surface area contributed by atoms with Crippen molar-refractivity contribution in [3.05, 3.63) is 65.6 Å². The van der Waals surface area contributed by atoms with Crippen molar-refractivity contribution in [1.82, 2.24) is 20.4 Å². The summed E-state index contributed by atoms with van der Waals surface area (Å²) in [5.41, 5.74) is -1.38. The van der Waals surface area contributed by atoms with Gasteiger partial charge in [0.05, 0.1) is 7.11 Å². The standard InChI is InChI=1S/C20H16F2N4O4/c1-20(14-9-12(21)5-8-15(14)22)18(27)26(19(28)24-20)10-16-23-17(25-30-16)11-3-6-13(29-2)7-4-11/h3-9H,10H2,1-2H3,(H,24,28)/t20-/m1/s1. The van der Waals surface area contributed by atoms with Gasteiger partial charge in [0.2, 0.25) is 11.7 Å². The van der Waals surface area contributed by atoms with Crippen molar-refractivity contribution in [2.75, 3.05) is 7.11 Å². The largest absolute Gasteiger partial charge is 0.497 e. The van der Waals surface area contributed by atoms with E-state index in [1.54, 1.807) is 31.4 Å². The Morgan fingerprint density at radius 1 is 1.17 bits per heavy atom. The van der Waals surface area contributed by atoms with Gasteiger partial charge in [-0.1, -0.05) is 5.16 Å². The maximum absolute atomic E-state index is 14.2. The molecule has 154 valence electrons. The molecule has 10 heteroatoms. The van der Waals surface area contributed by atoms with Gasteiger partial charge in [0.1, 0.15) is 29.5 Å². The van der Waals surface area contributed by atoms with E-state index in [0.717, 1.165) is 23.1 Å². The summed E-state index contributed by atoms with van der Waals surface area (Å²) in [7, 11) is 1.54. The number of carbonyl (C=O) groups excluding carboxylic acids is 2. The van der Waals surface area contributed by atoms with E-state index < -0.39 is 29.1 Å². The Hall–Kier alpha value is -3.82. The first kappa shape index (κ1) is 19.5. The van der Waals surface area contributed by atoms with E-state index in [1.807, 2.05) is 0 Å². The summed E-state index contributed by atoms with van der Waals surface area (Å²) in [6.07, 6.45) is 0. The van der Waals surface area contributed by atoms with Crippen molar-refractivity contribution in [2.45, 2.75) is 19.0 Å². The number of amides is 3. The van der Waals surface area contributed by atoms with Crippen LogP contribution in [0, 0.1) is 11.6 Å². The minimum atomic E-state index is -1.76. The molecule has 2 heterocycles. The lowest BCUT2D eigenvalue weighted by molar-refractivity contribution is -0.131. The summed E-state index contributed by atoms with van der Waals surface area (Å²) >= 11 is 0. The molecular formula is C20H16F2N4O4. The van der Waals surface area contributed by atoms with Crippen LogP contribution in [-0.2, 0) is 16.9 Å². The SMILES string of the molecule is COc1ccc(-c2noc(CN3C(=O)N[C@](C)(c4cc(F)ccc4F)C3=O)n2)cc1. The number of ether oxygens (including phenoxy) is 1. The Morgan fingerprint density at radius 3 is 2.60 bits per heavy atom. The first-order valence-corrected chi connectivity index (χ1v) is 8.88. The number of aromatic nitrogens is 2.